The maximum absolute atomic E-state index is 12.6. The number of hydrogen-bond acceptors (Lipinski definition) is 4. The molecule has 0 fully saturated rings. The van der Waals surface area contributed by atoms with Crippen LogP contribution >= 0.6 is 0 Å². The van der Waals surface area contributed by atoms with Gasteiger partial charge in [0.05, 0.1) is 17.8 Å². The third-order valence-corrected chi connectivity index (χ3v) is 3.77. The van der Waals surface area contributed by atoms with E-state index in [0.29, 0.717) is 23.6 Å². The van der Waals surface area contributed by atoms with E-state index in [-0.39, 0.29) is 17.9 Å². The normalized spacial score (nSPS) is 22.2. The van der Waals surface area contributed by atoms with Gasteiger partial charge >= 0.3 is 0 Å². The molecule has 0 saturated heterocycles. The number of para-hydroxylation sites is 1. The Morgan fingerprint density at radius 2 is 1.90 bits per heavy atom. The number of amidine groups is 1. The van der Waals surface area contributed by atoms with Crippen LogP contribution in [0, 0.1) is 0 Å². The molecule has 2 heterocycles. The summed E-state index contributed by atoms with van der Waals surface area (Å²) < 4.78 is 0. The predicted octanol–water partition coefficient (Wildman–Crippen LogP) is 0.753. The Balaban J connectivity index is 2.23. The molecule has 1 aromatic rings. The molecule has 6 heteroatoms. The molecule has 0 radical (unpaired) electrons. The minimum atomic E-state index is -0.342. The molecular formula is C14H16N4O2. The summed E-state index contributed by atoms with van der Waals surface area (Å²) in [5.41, 5.74) is 1.15. The zero-order chi connectivity index (χ0) is 14.4. The molecule has 2 aliphatic heterocycles. The Bertz CT molecular complexity index is 625. The number of likely N-dealkylation sites (N-methyl/N-ethyl adjacent to an activating group) is 2. The lowest BCUT2D eigenvalue weighted by atomic mass is 10.1. The number of amides is 2. The fourth-order valence-electron chi connectivity index (χ4n) is 2.49. The van der Waals surface area contributed by atoms with Crippen molar-refractivity contribution in [2.75, 3.05) is 25.5 Å². The highest BCUT2D eigenvalue weighted by molar-refractivity contribution is 6.24. The molecule has 0 aliphatic carbocycles. The van der Waals surface area contributed by atoms with Gasteiger partial charge in [-0.3, -0.25) is 19.5 Å². The number of carbonyl (C=O) groups excluding carboxylic acids is 2. The van der Waals surface area contributed by atoms with Gasteiger partial charge in [0.2, 0.25) is 0 Å². The van der Waals surface area contributed by atoms with E-state index in [1.54, 1.807) is 47.1 Å². The smallest absolute Gasteiger partial charge is 0.256 e. The van der Waals surface area contributed by atoms with E-state index in [1.807, 2.05) is 13.0 Å². The molecule has 0 spiro atoms. The number of anilines is 1. The van der Waals surface area contributed by atoms with Crippen molar-refractivity contribution in [2.24, 2.45) is 5.10 Å². The van der Waals surface area contributed by atoms with Crippen LogP contribution < -0.4 is 4.90 Å². The lowest BCUT2D eigenvalue weighted by molar-refractivity contribution is -0.122. The maximum atomic E-state index is 12.6. The SMILES string of the molecule is CC1C(=O)N2C(=NN1C)CN(C)C(=O)c1ccccc12. The Labute approximate surface area is 117 Å². The van der Waals surface area contributed by atoms with E-state index in [9.17, 15) is 9.59 Å². The van der Waals surface area contributed by atoms with Gasteiger partial charge in [-0.05, 0) is 19.1 Å². The Morgan fingerprint density at radius 3 is 2.65 bits per heavy atom. The first-order valence-corrected chi connectivity index (χ1v) is 6.49. The number of benzene rings is 1. The summed E-state index contributed by atoms with van der Waals surface area (Å²) in [4.78, 5) is 28.1. The summed E-state index contributed by atoms with van der Waals surface area (Å²) in [5.74, 6) is 0.422. The summed E-state index contributed by atoms with van der Waals surface area (Å²) in [7, 11) is 3.49. The van der Waals surface area contributed by atoms with Crippen molar-refractivity contribution in [3.05, 3.63) is 29.8 Å². The van der Waals surface area contributed by atoms with Crippen LogP contribution in [0.15, 0.2) is 29.4 Å². The lowest BCUT2D eigenvalue weighted by Gasteiger charge is -2.35. The highest BCUT2D eigenvalue weighted by Gasteiger charge is 2.38. The average molecular weight is 272 g/mol. The van der Waals surface area contributed by atoms with Crippen LogP contribution in [-0.2, 0) is 4.79 Å². The van der Waals surface area contributed by atoms with Gasteiger partial charge in [0, 0.05) is 14.1 Å². The van der Waals surface area contributed by atoms with Gasteiger partial charge in [0.15, 0.2) is 5.84 Å². The first-order valence-electron chi connectivity index (χ1n) is 6.49. The van der Waals surface area contributed by atoms with Gasteiger partial charge < -0.3 is 4.90 Å². The Hall–Kier alpha value is -2.37. The van der Waals surface area contributed by atoms with Crippen molar-refractivity contribution in [3.63, 3.8) is 0 Å². The van der Waals surface area contributed by atoms with Gasteiger partial charge in [-0.25, -0.2) is 0 Å². The highest BCUT2D eigenvalue weighted by atomic mass is 16.2. The Morgan fingerprint density at radius 1 is 1.20 bits per heavy atom. The standard InChI is InChI=1S/C14H16N4O2/c1-9-13(19)18-11-7-5-4-6-10(11)14(20)16(2)8-12(18)15-17(9)3/h4-7,9H,8H2,1-3H3. The van der Waals surface area contributed by atoms with Gasteiger partial charge in [0.25, 0.3) is 11.8 Å². The molecule has 20 heavy (non-hydrogen) atoms. The fraction of sp³-hybridized carbons (Fsp3) is 0.357. The second-order valence-electron chi connectivity index (χ2n) is 5.12. The number of carbonyl (C=O) groups is 2. The molecule has 6 nitrogen and oxygen atoms in total. The molecular weight excluding hydrogens is 256 g/mol. The van der Waals surface area contributed by atoms with E-state index in [4.69, 9.17) is 0 Å². The van der Waals surface area contributed by atoms with Crippen molar-refractivity contribution in [1.82, 2.24) is 9.91 Å². The molecule has 2 aliphatic rings. The number of fused-ring (bicyclic) bond motifs is 3. The van der Waals surface area contributed by atoms with Crippen LogP contribution in [0.4, 0.5) is 5.69 Å². The average Bonchev–Trinajstić information content (AvgIpc) is 2.53. The molecule has 3 rings (SSSR count). The largest absolute Gasteiger partial charge is 0.334 e. The van der Waals surface area contributed by atoms with Gasteiger partial charge in [-0.15, -0.1) is 0 Å². The van der Waals surface area contributed by atoms with Gasteiger partial charge in [-0.1, -0.05) is 12.1 Å². The van der Waals surface area contributed by atoms with Crippen LogP contribution in [-0.4, -0.2) is 54.2 Å². The van der Waals surface area contributed by atoms with E-state index < -0.39 is 0 Å². The zero-order valence-electron chi connectivity index (χ0n) is 11.7. The van der Waals surface area contributed by atoms with E-state index in [0.717, 1.165) is 0 Å². The first kappa shape index (κ1) is 12.7. The second-order valence-corrected chi connectivity index (χ2v) is 5.12. The summed E-state index contributed by atoms with van der Waals surface area (Å²) in [6, 6.07) is 6.82. The summed E-state index contributed by atoms with van der Waals surface area (Å²) in [6.45, 7) is 2.12. The van der Waals surface area contributed by atoms with Crippen molar-refractivity contribution >= 4 is 23.3 Å². The molecule has 0 saturated carbocycles. The number of rotatable bonds is 0. The minimum absolute atomic E-state index is 0.0620. The number of hydrazone groups is 1. The summed E-state index contributed by atoms with van der Waals surface area (Å²) >= 11 is 0. The van der Waals surface area contributed by atoms with E-state index >= 15 is 0 Å². The second kappa shape index (κ2) is 4.33. The van der Waals surface area contributed by atoms with E-state index in [2.05, 4.69) is 5.10 Å². The third kappa shape index (κ3) is 1.68. The van der Waals surface area contributed by atoms with Crippen LogP contribution in [0.1, 0.15) is 17.3 Å². The molecule has 104 valence electrons. The van der Waals surface area contributed by atoms with Gasteiger partial charge in [-0.2, -0.15) is 5.10 Å². The first-order chi connectivity index (χ1) is 9.50. The van der Waals surface area contributed by atoms with Crippen LogP contribution in [0.25, 0.3) is 0 Å². The topological polar surface area (TPSA) is 56.2 Å². The van der Waals surface area contributed by atoms with Crippen molar-refractivity contribution < 1.29 is 9.59 Å². The molecule has 1 aromatic carbocycles. The maximum Gasteiger partial charge on any atom is 0.256 e. The Kier molecular flexibility index (Phi) is 2.74. The molecule has 1 atom stereocenters. The van der Waals surface area contributed by atoms with Crippen LogP contribution in [0.3, 0.4) is 0 Å². The number of nitrogens with zero attached hydrogens (tertiary/aromatic N) is 4. The van der Waals surface area contributed by atoms with Gasteiger partial charge in [0.1, 0.15) is 6.04 Å². The molecule has 1 unspecified atom stereocenters. The monoisotopic (exact) mass is 272 g/mol. The van der Waals surface area contributed by atoms with Crippen molar-refractivity contribution in [2.45, 2.75) is 13.0 Å². The van der Waals surface area contributed by atoms with Crippen molar-refractivity contribution in [3.8, 4) is 0 Å². The molecule has 2 amide bonds. The van der Waals surface area contributed by atoms with E-state index in [1.165, 1.54) is 0 Å². The zero-order valence-corrected chi connectivity index (χ0v) is 11.7. The van der Waals surface area contributed by atoms with Crippen LogP contribution in [0.2, 0.25) is 0 Å². The lowest BCUT2D eigenvalue weighted by Crippen LogP contribution is -2.54. The third-order valence-electron chi connectivity index (χ3n) is 3.77. The quantitative estimate of drug-likeness (QED) is 0.700. The summed E-state index contributed by atoms with van der Waals surface area (Å²) in [6.07, 6.45) is 0. The minimum Gasteiger partial charge on any atom is -0.334 e. The molecule has 0 bridgehead atoms. The fourth-order valence-corrected chi connectivity index (χ4v) is 2.49. The molecule has 0 aromatic heterocycles. The number of hydrogen-bond donors (Lipinski definition) is 0. The van der Waals surface area contributed by atoms with Crippen LogP contribution in [0.5, 0.6) is 0 Å². The predicted molar refractivity (Wildman–Crippen MR) is 75.5 cm³/mol. The van der Waals surface area contributed by atoms with Crippen molar-refractivity contribution in [1.29, 1.82) is 0 Å². The summed E-state index contributed by atoms with van der Waals surface area (Å²) in [5, 5.41) is 6.08. The molecule has 0 N–H and O–H groups in total. The highest BCUT2D eigenvalue weighted by Crippen LogP contribution is 2.28.